The number of benzene rings is 2. The molecule has 8 nitrogen and oxygen atoms in total. The zero-order valence-electron chi connectivity index (χ0n) is 19.1. The molecule has 0 spiro atoms. The topological polar surface area (TPSA) is 92.7 Å². The zero-order chi connectivity index (χ0) is 24.1. The van der Waals surface area contributed by atoms with Crippen molar-refractivity contribution in [2.75, 3.05) is 43.1 Å². The number of nitro groups is 1. The summed E-state index contributed by atoms with van der Waals surface area (Å²) in [4.78, 5) is 33.0. The second kappa shape index (κ2) is 11.0. The first-order valence-corrected chi connectivity index (χ1v) is 13.3. The highest BCUT2D eigenvalue weighted by atomic mass is 32.2. The van der Waals surface area contributed by atoms with Gasteiger partial charge in [0.05, 0.1) is 16.4 Å². The van der Waals surface area contributed by atoms with E-state index in [1.807, 2.05) is 42.3 Å². The number of amides is 1. The summed E-state index contributed by atoms with van der Waals surface area (Å²) in [6.07, 6.45) is 2.04. The maximum Gasteiger partial charge on any atom is 0.269 e. The van der Waals surface area contributed by atoms with Crippen molar-refractivity contribution in [2.24, 2.45) is 0 Å². The Bertz CT molecular complexity index is 1140. The number of thioether (sulfide) groups is 2. The lowest BCUT2D eigenvalue weighted by molar-refractivity contribution is -0.384. The fraction of sp³-hybridized carbons (Fsp3) is 0.333. The maximum absolute atomic E-state index is 12.7. The summed E-state index contributed by atoms with van der Waals surface area (Å²) in [6.45, 7) is 4.58. The molecule has 0 aliphatic carbocycles. The van der Waals surface area contributed by atoms with Crippen LogP contribution in [0, 0.1) is 17.0 Å². The van der Waals surface area contributed by atoms with Gasteiger partial charge in [-0.3, -0.25) is 14.9 Å². The number of hydrogen-bond donors (Lipinski definition) is 0. The number of rotatable bonds is 8. The van der Waals surface area contributed by atoms with Crippen LogP contribution in [0.1, 0.15) is 11.5 Å². The van der Waals surface area contributed by atoms with E-state index in [-0.39, 0.29) is 11.6 Å². The second-order valence-electron chi connectivity index (χ2n) is 7.88. The molecule has 2 aromatic carbocycles. The Labute approximate surface area is 206 Å². The Morgan fingerprint density at radius 2 is 1.76 bits per heavy atom. The van der Waals surface area contributed by atoms with Gasteiger partial charge in [-0.05, 0) is 49.6 Å². The number of aryl methyl sites for hydroxylation is 1. The molecule has 0 unspecified atom stereocenters. The molecule has 1 aliphatic rings. The minimum Gasteiger partial charge on any atom is -0.441 e. The lowest BCUT2D eigenvalue weighted by Gasteiger charge is -2.36. The molecule has 1 fully saturated rings. The summed E-state index contributed by atoms with van der Waals surface area (Å²) in [7, 11) is 0. The predicted molar refractivity (Wildman–Crippen MR) is 137 cm³/mol. The summed E-state index contributed by atoms with van der Waals surface area (Å²) >= 11 is 3.24. The highest BCUT2D eigenvalue weighted by Crippen LogP contribution is 2.26. The lowest BCUT2D eigenvalue weighted by atomic mass is 10.2. The van der Waals surface area contributed by atoms with Gasteiger partial charge in [0.2, 0.25) is 11.8 Å². The highest BCUT2D eigenvalue weighted by Gasteiger charge is 2.22. The van der Waals surface area contributed by atoms with Crippen LogP contribution < -0.4 is 4.90 Å². The molecule has 0 atom stereocenters. The molecule has 4 rings (SSSR count). The van der Waals surface area contributed by atoms with Gasteiger partial charge in [0.25, 0.3) is 5.69 Å². The molecule has 1 aliphatic heterocycles. The Kier molecular flexibility index (Phi) is 7.79. The maximum atomic E-state index is 12.7. The molecular weight excluding hydrogens is 472 g/mol. The molecule has 0 radical (unpaired) electrons. The quantitative estimate of drug-likeness (QED) is 0.247. The number of nitrogens with zero attached hydrogens (tertiary/aromatic N) is 4. The monoisotopic (exact) mass is 498 g/mol. The van der Waals surface area contributed by atoms with Gasteiger partial charge in [-0.1, -0.05) is 0 Å². The van der Waals surface area contributed by atoms with Crippen molar-refractivity contribution < 1.29 is 14.1 Å². The molecular formula is C24H26N4O4S2. The first-order valence-electron chi connectivity index (χ1n) is 10.9. The zero-order valence-corrected chi connectivity index (χ0v) is 20.7. The minimum absolute atomic E-state index is 0.0811. The summed E-state index contributed by atoms with van der Waals surface area (Å²) < 4.78 is 5.85. The normalized spacial score (nSPS) is 13.8. The Morgan fingerprint density at radius 1 is 1.09 bits per heavy atom. The third-order valence-corrected chi connectivity index (χ3v) is 7.42. The summed E-state index contributed by atoms with van der Waals surface area (Å²) in [5, 5.41) is 10.8. The number of hydrogen-bond acceptors (Lipinski definition) is 8. The third kappa shape index (κ3) is 5.74. The second-order valence-corrected chi connectivity index (χ2v) is 9.75. The van der Waals surface area contributed by atoms with Crippen LogP contribution >= 0.6 is 23.5 Å². The number of non-ortho nitro benzene ring substituents is 1. The van der Waals surface area contributed by atoms with Crippen molar-refractivity contribution in [3.05, 3.63) is 70.1 Å². The van der Waals surface area contributed by atoms with Crippen LogP contribution in [0.3, 0.4) is 0 Å². The van der Waals surface area contributed by atoms with Crippen LogP contribution in [0.2, 0.25) is 0 Å². The summed E-state index contributed by atoms with van der Waals surface area (Å²) in [5.74, 6) is 2.51. The van der Waals surface area contributed by atoms with Gasteiger partial charge in [-0.2, -0.15) is 0 Å². The van der Waals surface area contributed by atoms with Crippen molar-refractivity contribution in [3.8, 4) is 11.5 Å². The first kappa shape index (κ1) is 24.2. The minimum atomic E-state index is -0.400. The van der Waals surface area contributed by atoms with Crippen LogP contribution in [-0.4, -0.2) is 58.9 Å². The molecule has 0 N–H and O–H groups in total. The molecule has 178 valence electrons. The molecule has 1 amide bonds. The lowest BCUT2D eigenvalue weighted by Crippen LogP contribution is -2.49. The van der Waals surface area contributed by atoms with Gasteiger partial charge in [0.15, 0.2) is 0 Å². The highest BCUT2D eigenvalue weighted by molar-refractivity contribution is 7.99. The van der Waals surface area contributed by atoms with E-state index in [0.29, 0.717) is 43.6 Å². The Morgan fingerprint density at radius 3 is 2.38 bits per heavy atom. The Balaban J connectivity index is 1.24. The van der Waals surface area contributed by atoms with Crippen molar-refractivity contribution in [3.63, 3.8) is 0 Å². The van der Waals surface area contributed by atoms with E-state index in [1.165, 1.54) is 17.0 Å². The molecule has 0 saturated carbocycles. The third-order valence-electron chi connectivity index (χ3n) is 5.75. The van der Waals surface area contributed by atoms with Crippen LogP contribution in [0.5, 0.6) is 0 Å². The molecule has 2 heterocycles. The average Bonchev–Trinajstić information content (AvgIpc) is 3.24. The van der Waals surface area contributed by atoms with Crippen molar-refractivity contribution in [1.29, 1.82) is 0 Å². The Hall–Kier alpha value is -2.98. The molecule has 3 aromatic rings. The van der Waals surface area contributed by atoms with Crippen molar-refractivity contribution in [2.45, 2.75) is 17.6 Å². The fourth-order valence-corrected chi connectivity index (χ4v) is 5.07. The van der Waals surface area contributed by atoms with Gasteiger partial charge in [-0.15, -0.1) is 23.5 Å². The van der Waals surface area contributed by atoms with Crippen molar-refractivity contribution in [1.82, 2.24) is 9.88 Å². The average molecular weight is 499 g/mol. The number of piperazine rings is 1. The van der Waals surface area contributed by atoms with E-state index < -0.39 is 4.92 Å². The number of carbonyl (C=O) groups is 1. The van der Waals surface area contributed by atoms with Gasteiger partial charge in [0, 0.05) is 60.2 Å². The van der Waals surface area contributed by atoms with E-state index in [0.717, 1.165) is 22.7 Å². The summed E-state index contributed by atoms with van der Waals surface area (Å²) in [5.41, 5.74) is 2.83. The van der Waals surface area contributed by atoms with Gasteiger partial charge >= 0.3 is 0 Å². The first-order chi connectivity index (χ1) is 16.4. The van der Waals surface area contributed by atoms with Crippen LogP contribution in [0.15, 0.2) is 57.8 Å². The molecule has 0 bridgehead atoms. The number of carbonyl (C=O) groups excluding carboxylic acids is 1. The molecule has 34 heavy (non-hydrogen) atoms. The standard InChI is InChI=1S/C24H26N4O4S2/c1-17-22(25-24(32-17)18-3-9-21(33-2)10-4-18)15-34-16-23(29)27-13-11-26(12-14-27)19-5-7-20(8-6-19)28(30)31/h3-10H,11-16H2,1-2H3. The van der Waals surface area contributed by atoms with Crippen LogP contribution in [-0.2, 0) is 10.5 Å². The molecule has 10 heteroatoms. The summed E-state index contributed by atoms with van der Waals surface area (Å²) in [6, 6.07) is 14.7. The van der Waals surface area contributed by atoms with E-state index in [1.54, 1.807) is 35.7 Å². The van der Waals surface area contributed by atoms with Gasteiger partial charge < -0.3 is 14.2 Å². The van der Waals surface area contributed by atoms with E-state index in [9.17, 15) is 14.9 Å². The smallest absolute Gasteiger partial charge is 0.269 e. The van der Waals surface area contributed by atoms with Gasteiger partial charge in [0.1, 0.15) is 5.76 Å². The van der Waals surface area contributed by atoms with Gasteiger partial charge in [-0.25, -0.2) is 4.98 Å². The van der Waals surface area contributed by atoms with E-state index >= 15 is 0 Å². The predicted octanol–water partition coefficient (Wildman–Crippen LogP) is 4.86. The number of anilines is 1. The molecule has 1 aromatic heterocycles. The number of oxazole rings is 1. The number of nitro benzene ring substituents is 1. The SMILES string of the molecule is CSc1ccc(-c2nc(CSCC(=O)N3CCN(c4ccc([N+](=O)[O-])cc4)CC3)c(C)o2)cc1. The van der Waals surface area contributed by atoms with Crippen LogP contribution in [0.25, 0.3) is 11.5 Å². The van der Waals surface area contributed by atoms with E-state index in [2.05, 4.69) is 9.88 Å². The molecule has 1 saturated heterocycles. The largest absolute Gasteiger partial charge is 0.441 e. The van der Waals surface area contributed by atoms with Crippen molar-refractivity contribution >= 4 is 40.8 Å². The van der Waals surface area contributed by atoms with Crippen LogP contribution in [0.4, 0.5) is 11.4 Å². The fourth-order valence-electron chi connectivity index (χ4n) is 3.74. The number of aromatic nitrogens is 1. The van der Waals surface area contributed by atoms with E-state index in [4.69, 9.17) is 4.42 Å².